The summed E-state index contributed by atoms with van der Waals surface area (Å²) in [7, 11) is 0. The minimum atomic E-state index is -1.18. The van der Waals surface area contributed by atoms with E-state index in [2.05, 4.69) is 11.5 Å². The molecule has 0 fully saturated rings. The molecule has 0 rings (SSSR count). The first kappa shape index (κ1) is 15.5. The number of aliphatic carboxylic acids is 1. The standard InChI is InChI=1S/C4H6N2O2.C3H7NO3/c5-3(7)1-2-4(6)8;4-2(1-5)3(6)7/h1-2H,(H2,5,7)(H2,6,8);2,5H,1,4H2,(H,6,7)/b2-1+;. The molecule has 8 heteroatoms. The maximum atomic E-state index is 9.83. The van der Waals surface area contributed by atoms with Crippen LogP contribution in [-0.2, 0) is 14.4 Å². The van der Waals surface area contributed by atoms with Crippen LogP contribution in [0.1, 0.15) is 0 Å². The Labute approximate surface area is 85.3 Å². The third-order valence-electron chi connectivity index (χ3n) is 0.926. The monoisotopic (exact) mass is 219 g/mol. The Hall–Kier alpha value is -1.93. The van der Waals surface area contributed by atoms with Crippen LogP contribution < -0.4 is 17.2 Å². The van der Waals surface area contributed by atoms with Crippen LogP contribution in [0.4, 0.5) is 0 Å². The van der Waals surface area contributed by atoms with E-state index in [1.165, 1.54) is 0 Å². The molecular formula is C7H13N3O5. The van der Waals surface area contributed by atoms with Crippen LogP contribution in [0.5, 0.6) is 0 Å². The van der Waals surface area contributed by atoms with Crippen LogP contribution in [-0.4, -0.2) is 40.6 Å². The van der Waals surface area contributed by atoms with Crippen molar-refractivity contribution in [1.82, 2.24) is 0 Å². The van der Waals surface area contributed by atoms with E-state index >= 15 is 0 Å². The highest BCUT2D eigenvalue weighted by Gasteiger charge is 2.06. The smallest absolute Gasteiger partial charge is 0.322 e. The number of carbonyl (C=O) groups is 3. The van der Waals surface area contributed by atoms with Crippen molar-refractivity contribution >= 4 is 17.8 Å². The number of primary amides is 2. The second-order valence-electron chi connectivity index (χ2n) is 2.27. The van der Waals surface area contributed by atoms with E-state index in [1.54, 1.807) is 0 Å². The molecule has 0 aromatic rings. The summed E-state index contributed by atoms with van der Waals surface area (Å²) in [5, 5.41) is 15.9. The van der Waals surface area contributed by atoms with E-state index in [0.29, 0.717) is 0 Å². The van der Waals surface area contributed by atoms with Gasteiger partial charge in [0.05, 0.1) is 6.61 Å². The SMILES string of the molecule is NC(=O)/C=C/C(N)=O.NC(CO)C(=O)O. The molecule has 0 aliphatic rings. The predicted octanol–water partition coefficient (Wildman–Crippen LogP) is -3.10. The summed E-state index contributed by atoms with van der Waals surface area (Å²) >= 11 is 0. The topological polar surface area (TPSA) is 170 Å². The summed E-state index contributed by atoms with van der Waals surface area (Å²) in [4.78, 5) is 29.3. The molecule has 0 bridgehead atoms. The number of carboxylic acids is 1. The third-order valence-corrected chi connectivity index (χ3v) is 0.926. The number of carboxylic acid groups (broad SMARTS) is 1. The van der Waals surface area contributed by atoms with Crippen molar-refractivity contribution < 1.29 is 24.6 Å². The maximum Gasteiger partial charge on any atom is 0.322 e. The highest BCUT2D eigenvalue weighted by Crippen LogP contribution is 1.71. The van der Waals surface area contributed by atoms with Gasteiger partial charge in [-0.3, -0.25) is 14.4 Å². The number of aliphatic hydroxyl groups excluding tert-OH is 1. The Bertz CT molecular complexity index is 247. The number of amides is 2. The van der Waals surface area contributed by atoms with Crippen LogP contribution in [0.2, 0.25) is 0 Å². The van der Waals surface area contributed by atoms with E-state index < -0.39 is 30.4 Å². The van der Waals surface area contributed by atoms with Gasteiger partial charge in [0.1, 0.15) is 6.04 Å². The fourth-order valence-electron chi connectivity index (χ4n) is 0.242. The molecule has 8 N–H and O–H groups in total. The van der Waals surface area contributed by atoms with Gasteiger partial charge >= 0.3 is 5.97 Å². The highest BCUT2D eigenvalue weighted by molar-refractivity contribution is 5.95. The van der Waals surface area contributed by atoms with Crippen LogP contribution in [0, 0.1) is 0 Å². The van der Waals surface area contributed by atoms with Crippen LogP contribution >= 0.6 is 0 Å². The Morgan fingerprint density at radius 2 is 1.47 bits per heavy atom. The van der Waals surface area contributed by atoms with Crippen molar-refractivity contribution in [3.05, 3.63) is 12.2 Å². The molecule has 15 heavy (non-hydrogen) atoms. The van der Waals surface area contributed by atoms with Gasteiger partial charge in [0.15, 0.2) is 0 Å². The van der Waals surface area contributed by atoms with Crippen LogP contribution in [0.3, 0.4) is 0 Å². The molecule has 0 heterocycles. The largest absolute Gasteiger partial charge is 0.480 e. The van der Waals surface area contributed by atoms with Gasteiger partial charge in [-0.05, 0) is 0 Å². The van der Waals surface area contributed by atoms with Crippen molar-refractivity contribution in [2.24, 2.45) is 17.2 Å². The van der Waals surface area contributed by atoms with Crippen molar-refractivity contribution in [2.75, 3.05) is 6.61 Å². The zero-order chi connectivity index (χ0) is 12.4. The molecular weight excluding hydrogens is 206 g/mol. The summed E-state index contributed by atoms with van der Waals surface area (Å²) in [6.07, 6.45) is 1.81. The van der Waals surface area contributed by atoms with Gasteiger partial charge in [-0.25, -0.2) is 0 Å². The van der Waals surface area contributed by atoms with E-state index in [1.807, 2.05) is 0 Å². The second-order valence-corrected chi connectivity index (χ2v) is 2.27. The van der Waals surface area contributed by atoms with Crippen molar-refractivity contribution in [3.63, 3.8) is 0 Å². The van der Waals surface area contributed by atoms with Gasteiger partial charge in [0.25, 0.3) is 0 Å². The highest BCUT2D eigenvalue weighted by atomic mass is 16.4. The lowest BCUT2D eigenvalue weighted by Crippen LogP contribution is -2.33. The fraction of sp³-hybridized carbons (Fsp3) is 0.286. The number of rotatable bonds is 4. The van der Waals surface area contributed by atoms with Gasteiger partial charge in [-0.1, -0.05) is 0 Å². The zero-order valence-electron chi connectivity index (χ0n) is 7.79. The van der Waals surface area contributed by atoms with Crippen molar-refractivity contribution in [1.29, 1.82) is 0 Å². The quantitative estimate of drug-likeness (QED) is 0.313. The first-order valence-electron chi connectivity index (χ1n) is 3.67. The summed E-state index contributed by atoms with van der Waals surface area (Å²) in [6, 6.07) is -1.13. The minimum Gasteiger partial charge on any atom is -0.480 e. The lowest BCUT2D eigenvalue weighted by Gasteiger charge is -1.96. The maximum absolute atomic E-state index is 9.83. The molecule has 8 nitrogen and oxygen atoms in total. The molecule has 86 valence electrons. The molecule has 2 amide bonds. The molecule has 0 aromatic carbocycles. The van der Waals surface area contributed by atoms with Crippen molar-refractivity contribution in [3.8, 4) is 0 Å². The summed E-state index contributed by atoms with van der Waals surface area (Å²) < 4.78 is 0. The average Bonchev–Trinajstić information content (AvgIpc) is 2.14. The van der Waals surface area contributed by atoms with E-state index in [9.17, 15) is 14.4 Å². The Kier molecular flexibility index (Phi) is 8.97. The third kappa shape index (κ3) is 14.9. The van der Waals surface area contributed by atoms with Gasteiger partial charge in [-0.15, -0.1) is 0 Å². The molecule has 0 saturated carbocycles. The average molecular weight is 219 g/mol. The van der Waals surface area contributed by atoms with Gasteiger partial charge in [-0.2, -0.15) is 0 Å². The van der Waals surface area contributed by atoms with E-state index in [-0.39, 0.29) is 0 Å². The van der Waals surface area contributed by atoms with Crippen molar-refractivity contribution in [2.45, 2.75) is 6.04 Å². The van der Waals surface area contributed by atoms with E-state index in [0.717, 1.165) is 12.2 Å². The first-order chi connectivity index (χ1) is 6.81. The molecule has 0 aliphatic carbocycles. The molecule has 0 spiro atoms. The Balaban J connectivity index is 0. The Morgan fingerprint density at radius 3 is 1.53 bits per heavy atom. The van der Waals surface area contributed by atoms with Crippen LogP contribution in [0.15, 0.2) is 12.2 Å². The minimum absolute atomic E-state index is 0.505. The fourth-order valence-corrected chi connectivity index (χ4v) is 0.242. The number of carbonyl (C=O) groups excluding carboxylic acids is 2. The Morgan fingerprint density at radius 1 is 1.13 bits per heavy atom. The molecule has 0 radical (unpaired) electrons. The van der Waals surface area contributed by atoms with Crippen LogP contribution in [0.25, 0.3) is 0 Å². The molecule has 1 atom stereocenters. The molecule has 0 saturated heterocycles. The zero-order valence-corrected chi connectivity index (χ0v) is 7.79. The lowest BCUT2D eigenvalue weighted by molar-refractivity contribution is -0.139. The van der Waals surface area contributed by atoms with Gasteiger partial charge in [0, 0.05) is 12.2 Å². The van der Waals surface area contributed by atoms with Gasteiger partial charge < -0.3 is 27.4 Å². The lowest BCUT2D eigenvalue weighted by atomic mass is 10.3. The number of nitrogens with two attached hydrogens (primary N) is 3. The summed E-state index contributed by atoms with van der Waals surface area (Å²) in [5.41, 5.74) is 14.0. The second kappa shape index (κ2) is 8.66. The summed E-state index contributed by atoms with van der Waals surface area (Å²) in [5.74, 6) is -2.53. The normalized spacial score (nSPS) is 11.3. The predicted molar refractivity (Wildman–Crippen MR) is 50.2 cm³/mol. The number of hydrogen-bond acceptors (Lipinski definition) is 5. The molecule has 0 aromatic heterocycles. The molecule has 0 aliphatic heterocycles. The first-order valence-corrected chi connectivity index (χ1v) is 3.67. The molecule has 1 unspecified atom stereocenters. The number of hydrogen-bond donors (Lipinski definition) is 5. The van der Waals surface area contributed by atoms with E-state index in [4.69, 9.17) is 15.9 Å². The number of aliphatic hydroxyl groups is 1. The summed E-state index contributed by atoms with van der Waals surface area (Å²) in [6.45, 7) is -0.505. The van der Waals surface area contributed by atoms with Gasteiger partial charge in [0.2, 0.25) is 11.8 Å².